The Morgan fingerprint density at radius 1 is 1.30 bits per heavy atom. The zero-order valence-electron chi connectivity index (χ0n) is 14.8. The second-order valence-electron chi connectivity index (χ2n) is 6.62. The van der Waals surface area contributed by atoms with Crippen LogP contribution in [0.1, 0.15) is 40.4 Å². The number of aromatic carboxylic acids is 1. The first-order valence-corrected chi connectivity index (χ1v) is 9.78. The van der Waals surface area contributed by atoms with Crippen LogP contribution in [0, 0.1) is 18.6 Å². The molecule has 0 saturated carbocycles. The minimum Gasteiger partial charge on any atom is -0.478 e. The predicted molar refractivity (Wildman–Crippen MR) is 92.0 cm³/mol. The molecule has 146 valence electrons. The number of hydrogen-bond acceptors (Lipinski definition) is 4. The maximum atomic E-state index is 14.2. The molecule has 1 unspecified atom stereocenters. The number of carbonyl (C=O) groups is 1. The largest absolute Gasteiger partial charge is 0.478 e. The molecular weight excluding hydrogens is 380 g/mol. The molecule has 1 aliphatic heterocycles. The van der Waals surface area contributed by atoms with Crippen LogP contribution < -0.4 is 0 Å². The van der Waals surface area contributed by atoms with E-state index < -0.39 is 38.4 Å². The van der Waals surface area contributed by atoms with Crippen molar-refractivity contribution in [1.82, 2.24) is 14.1 Å². The van der Waals surface area contributed by atoms with Crippen molar-refractivity contribution in [3.05, 3.63) is 46.8 Å². The molecule has 0 aliphatic carbocycles. The second kappa shape index (κ2) is 7.01. The lowest BCUT2D eigenvalue weighted by atomic mass is 9.94. The maximum Gasteiger partial charge on any atom is 0.339 e. The topological polar surface area (TPSA) is 92.5 Å². The fourth-order valence-electron chi connectivity index (χ4n) is 3.32. The Kier molecular flexibility index (Phi) is 5.04. The van der Waals surface area contributed by atoms with Gasteiger partial charge in [-0.15, -0.1) is 0 Å². The van der Waals surface area contributed by atoms with Crippen molar-refractivity contribution in [2.45, 2.75) is 30.6 Å². The smallest absolute Gasteiger partial charge is 0.339 e. The maximum absolute atomic E-state index is 14.2. The summed E-state index contributed by atoms with van der Waals surface area (Å²) >= 11 is 0. The van der Waals surface area contributed by atoms with Crippen molar-refractivity contribution >= 4 is 16.0 Å². The van der Waals surface area contributed by atoms with Crippen LogP contribution in [0.15, 0.2) is 23.2 Å². The Hall–Kier alpha value is -2.33. The summed E-state index contributed by atoms with van der Waals surface area (Å²) in [5.41, 5.74) is 0.317. The predicted octanol–water partition coefficient (Wildman–Crippen LogP) is 2.27. The molecule has 1 fully saturated rings. The van der Waals surface area contributed by atoms with E-state index in [1.807, 2.05) is 0 Å². The molecule has 7 nitrogen and oxygen atoms in total. The fraction of sp³-hybridized carbons (Fsp3) is 0.412. The highest BCUT2D eigenvalue weighted by Gasteiger charge is 2.35. The lowest BCUT2D eigenvalue weighted by Crippen LogP contribution is -2.40. The van der Waals surface area contributed by atoms with Crippen molar-refractivity contribution in [2.24, 2.45) is 7.05 Å². The van der Waals surface area contributed by atoms with Crippen LogP contribution in [0.2, 0.25) is 0 Å². The standard InChI is InChI=1S/C17H19F2N3O4S/c1-10-5-6-13(15(19)14(10)18)27(25,26)22-7-3-4-11(8-22)16-12(17(23)24)9-21(2)20-16/h5-6,9,11H,3-4,7-8H2,1-2H3,(H,23,24). The Morgan fingerprint density at radius 2 is 2.00 bits per heavy atom. The molecule has 0 spiro atoms. The van der Waals surface area contributed by atoms with E-state index in [1.54, 1.807) is 7.05 Å². The van der Waals surface area contributed by atoms with Gasteiger partial charge in [-0.1, -0.05) is 6.07 Å². The van der Waals surface area contributed by atoms with E-state index >= 15 is 0 Å². The van der Waals surface area contributed by atoms with Crippen molar-refractivity contribution in [3.8, 4) is 0 Å². The number of sulfonamides is 1. The number of carboxylic acids is 1. The lowest BCUT2D eigenvalue weighted by molar-refractivity contribution is 0.0694. The molecule has 3 rings (SSSR count). The first kappa shape index (κ1) is 19.4. The first-order chi connectivity index (χ1) is 12.6. The molecule has 27 heavy (non-hydrogen) atoms. The third-order valence-electron chi connectivity index (χ3n) is 4.72. The number of aromatic nitrogens is 2. The summed E-state index contributed by atoms with van der Waals surface area (Å²) in [6, 6.07) is 2.27. The molecule has 0 amide bonds. The summed E-state index contributed by atoms with van der Waals surface area (Å²) in [7, 11) is -2.68. The Balaban J connectivity index is 1.95. The summed E-state index contributed by atoms with van der Waals surface area (Å²) < 4.78 is 56.2. The molecule has 10 heteroatoms. The quantitative estimate of drug-likeness (QED) is 0.852. The first-order valence-electron chi connectivity index (χ1n) is 8.34. The number of halogens is 2. The molecule has 1 aliphatic rings. The Bertz CT molecular complexity index is 1000. The van der Waals surface area contributed by atoms with Gasteiger partial charge >= 0.3 is 5.97 Å². The zero-order valence-corrected chi connectivity index (χ0v) is 15.6. The molecule has 1 N–H and O–H groups in total. The van der Waals surface area contributed by atoms with E-state index in [9.17, 15) is 27.1 Å². The van der Waals surface area contributed by atoms with Gasteiger partial charge in [0.15, 0.2) is 11.6 Å². The van der Waals surface area contributed by atoms with E-state index in [1.165, 1.54) is 23.9 Å². The lowest BCUT2D eigenvalue weighted by Gasteiger charge is -2.31. The number of piperidine rings is 1. The van der Waals surface area contributed by atoms with Gasteiger partial charge in [0.1, 0.15) is 10.5 Å². The SMILES string of the molecule is Cc1ccc(S(=O)(=O)N2CCCC(c3nn(C)cc3C(=O)O)C2)c(F)c1F. The number of aryl methyl sites for hydroxylation is 2. The summed E-state index contributed by atoms with van der Waals surface area (Å²) in [5.74, 6) is -4.19. The summed E-state index contributed by atoms with van der Waals surface area (Å²) in [5, 5.41) is 13.5. The normalized spacial score (nSPS) is 18.6. The highest BCUT2D eigenvalue weighted by molar-refractivity contribution is 7.89. The molecule has 2 heterocycles. The molecular formula is C17H19F2N3O4S. The van der Waals surface area contributed by atoms with Gasteiger partial charge in [0.05, 0.1) is 5.69 Å². The van der Waals surface area contributed by atoms with Crippen molar-refractivity contribution in [1.29, 1.82) is 0 Å². The van der Waals surface area contributed by atoms with Crippen molar-refractivity contribution in [2.75, 3.05) is 13.1 Å². The Morgan fingerprint density at radius 3 is 2.67 bits per heavy atom. The van der Waals surface area contributed by atoms with Crippen LogP contribution in [0.4, 0.5) is 8.78 Å². The molecule has 2 aromatic rings. The monoisotopic (exact) mass is 399 g/mol. The number of nitrogens with zero attached hydrogens (tertiary/aromatic N) is 3. The number of rotatable bonds is 4. The molecule has 1 aromatic carbocycles. The van der Waals surface area contributed by atoms with E-state index in [-0.39, 0.29) is 24.2 Å². The highest BCUT2D eigenvalue weighted by atomic mass is 32.2. The summed E-state index contributed by atoms with van der Waals surface area (Å²) in [4.78, 5) is 10.7. The van der Waals surface area contributed by atoms with Gasteiger partial charge in [-0.25, -0.2) is 22.0 Å². The second-order valence-corrected chi connectivity index (χ2v) is 8.52. The van der Waals surface area contributed by atoms with Gasteiger partial charge in [0.2, 0.25) is 10.0 Å². The van der Waals surface area contributed by atoms with E-state index in [0.29, 0.717) is 18.5 Å². The molecule has 0 bridgehead atoms. The average molecular weight is 399 g/mol. The minimum absolute atomic E-state index is 0.00862. The Labute approximate surface area is 155 Å². The van der Waals surface area contributed by atoms with Crippen LogP contribution >= 0.6 is 0 Å². The molecule has 1 atom stereocenters. The third kappa shape index (κ3) is 3.46. The molecule has 0 radical (unpaired) electrons. The molecule has 1 saturated heterocycles. The van der Waals surface area contributed by atoms with Gasteiger partial charge < -0.3 is 5.11 Å². The number of carboxylic acid groups (broad SMARTS) is 1. The van der Waals surface area contributed by atoms with Crippen molar-refractivity contribution < 1.29 is 27.1 Å². The van der Waals surface area contributed by atoms with Crippen LogP contribution in [0.3, 0.4) is 0 Å². The van der Waals surface area contributed by atoms with E-state index in [0.717, 1.165) is 10.4 Å². The van der Waals surface area contributed by atoms with Crippen molar-refractivity contribution in [3.63, 3.8) is 0 Å². The summed E-state index contributed by atoms with van der Waals surface area (Å²) in [6.45, 7) is 1.44. The van der Waals surface area contributed by atoms with Gasteiger partial charge in [0, 0.05) is 32.3 Å². The van der Waals surface area contributed by atoms with Crippen LogP contribution in [0.25, 0.3) is 0 Å². The van der Waals surface area contributed by atoms with Crippen LogP contribution in [0.5, 0.6) is 0 Å². The number of hydrogen-bond donors (Lipinski definition) is 1. The fourth-order valence-corrected chi connectivity index (χ4v) is 4.90. The number of benzene rings is 1. The molecule has 1 aromatic heterocycles. The van der Waals surface area contributed by atoms with Gasteiger partial charge in [-0.2, -0.15) is 9.40 Å². The van der Waals surface area contributed by atoms with Gasteiger partial charge in [-0.05, 0) is 31.4 Å². The van der Waals surface area contributed by atoms with Gasteiger partial charge in [-0.3, -0.25) is 4.68 Å². The van der Waals surface area contributed by atoms with E-state index in [2.05, 4.69) is 5.10 Å². The third-order valence-corrected chi connectivity index (χ3v) is 6.60. The van der Waals surface area contributed by atoms with Crippen LogP contribution in [-0.4, -0.2) is 46.7 Å². The van der Waals surface area contributed by atoms with Gasteiger partial charge in [0.25, 0.3) is 0 Å². The average Bonchev–Trinajstić information content (AvgIpc) is 3.02. The minimum atomic E-state index is -4.26. The van der Waals surface area contributed by atoms with Crippen LogP contribution in [-0.2, 0) is 17.1 Å². The van der Waals surface area contributed by atoms with E-state index in [4.69, 9.17) is 0 Å². The summed E-state index contributed by atoms with van der Waals surface area (Å²) in [6.07, 6.45) is 2.36. The zero-order chi connectivity index (χ0) is 19.9. The highest BCUT2D eigenvalue weighted by Crippen LogP contribution is 2.32.